The van der Waals surface area contributed by atoms with Gasteiger partial charge in [0.05, 0.1) is 5.54 Å². The summed E-state index contributed by atoms with van der Waals surface area (Å²) in [6, 6.07) is 7.70. The Morgan fingerprint density at radius 1 is 0.895 bits per heavy atom. The van der Waals surface area contributed by atoms with Gasteiger partial charge < -0.3 is 5.73 Å². The number of aryl methyl sites for hydroxylation is 1. The fourth-order valence-corrected chi connectivity index (χ4v) is 2.80. The molecule has 0 saturated carbocycles. The lowest BCUT2D eigenvalue weighted by Crippen LogP contribution is -2.36. The van der Waals surface area contributed by atoms with Crippen LogP contribution in [0.2, 0.25) is 0 Å². The Labute approximate surface area is 108 Å². The zero-order chi connectivity index (χ0) is 13.6. The first kappa shape index (κ1) is 12.2. The zero-order valence-electron chi connectivity index (χ0n) is 10.1. The number of nitrogens with two attached hydrogens (primary N) is 1. The predicted octanol–water partition coefficient (Wildman–Crippen LogP) is 3.25. The van der Waals surface area contributed by atoms with Crippen molar-refractivity contribution in [2.45, 2.75) is 18.4 Å². The van der Waals surface area contributed by atoms with Gasteiger partial charge in [0, 0.05) is 11.6 Å². The van der Waals surface area contributed by atoms with Gasteiger partial charge in [0.25, 0.3) is 0 Å². The molecule has 0 aliphatic heterocycles. The van der Waals surface area contributed by atoms with E-state index in [0.29, 0.717) is 18.4 Å². The highest BCUT2D eigenvalue weighted by atomic mass is 19.1. The maximum Gasteiger partial charge on any atom is 0.131 e. The SMILES string of the molecule is NC1(c2ccc(F)cc2F)CCc2cc(F)ccc21. The summed E-state index contributed by atoms with van der Waals surface area (Å²) in [5, 5.41) is 0. The van der Waals surface area contributed by atoms with Crippen molar-refractivity contribution in [1.82, 2.24) is 0 Å². The van der Waals surface area contributed by atoms with Crippen LogP contribution >= 0.6 is 0 Å². The van der Waals surface area contributed by atoms with E-state index < -0.39 is 17.2 Å². The summed E-state index contributed by atoms with van der Waals surface area (Å²) in [7, 11) is 0. The summed E-state index contributed by atoms with van der Waals surface area (Å²) < 4.78 is 40.1. The maximum absolute atomic E-state index is 13.9. The third-order valence-electron chi connectivity index (χ3n) is 3.75. The number of fused-ring (bicyclic) bond motifs is 1. The van der Waals surface area contributed by atoms with E-state index in [-0.39, 0.29) is 11.4 Å². The molecule has 1 aliphatic rings. The third kappa shape index (κ3) is 1.83. The average molecular weight is 263 g/mol. The quantitative estimate of drug-likeness (QED) is 0.839. The molecule has 1 unspecified atom stereocenters. The van der Waals surface area contributed by atoms with Crippen molar-refractivity contribution in [2.24, 2.45) is 5.73 Å². The first-order valence-corrected chi connectivity index (χ1v) is 6.04. The molecule has 0 amide bonds. The minimum Gasteiger partial charge on any atom is -0.318 e. The van der Waals surface area contributed by atoms with Crippen molar-refractivity contribution in [3.63, 3.8) is 0 Å². The van der Waals surface area contributed by atoms with E-state index in [0.717, 1.165) is 11.6 Å². The van der Waals surface area contributed by atoms with Crippen LogP contribution in [0.15, 0.2) is 36.4 Å². The number of hydrogen-bond donors (Lipinski definition) is 1. The van der Waals surface area contributed by atoms with E-state index >= 15 is 0 Å². The number of benzene rings is 2. The molecule has 3 rings (SSSR count). The lowest BCUT2D eigenvalue weighted by molar-refractivity contribution is 0.484. The van der Waals surface area contributed by atoms with Crippen LogP contribution in [0.1, 0.15) is 23.1 Å². The lowest BCUT2D eigenvalue weighted by atomic mass is 9.85. The average Bonchev–Trinajstić information content (AvgIpc) is 2.67. The molecule has 2 N–H and O–H groups in total. The van der Waals surface area contributed by atoms with E-state index in [4.69, 9.17) is 5.73 Å². The topological polar surface area (TPSA) is 26.0 Å². The maximum atomic E-state index is 13.9. The van der Waals surface area contributed by atoms with Crippen molar-refractivity contribution < 1.29 is 13.2 Å². The number of hydrogen-bond acceptors (Lipinski definition) is 1. The molecule has 2 aromatic carbocycles. The monoisotopic (exact) mass is 263 g/mol. The third-order valence-corrected chi connectivity index (χ3v) is 3.75. The highest BCUT2D eigenvalue weighted by Gasteiger charge is 2.38. The first-order valence-electron chi connectivity index (χ1n) is 6.04. The highest BCUT2D eigenvalue weighted by molar-refractivity contribution is 5.47. The van der Waals surface area contributed by atoms with Gasteiger partial charge in [0.2, 0.25) is 0 Å². The second kappa shape index (κ2) is 4.10. The normalized spacial score (nSPS) is 21.5. The molecule has 2 aromatic rings. The van der Waals surface area contributed by atoms with Crippen molar-refractivity contribution in [3.8, 4) is 0 Å². The molecule has 1 aliphatic carbocycles. The minimum absolute atomic E-state index is 0.249. The van der Waals surface area contributed by atoms with Gasteiger partial charge in [-0.15, -0.1) is 0 Å². The summed E-state index contributed by atoms with van der Waals surface area (Å²) >= 11 is 0. The van der Waals surface area contributed by atoms with E-state index in [1.165, 1.54) is 24.3 Å². The largest absolute Gasteiger partial charge is 0.318 e. The van der Waals surface area contributed by atoms with Gasteiger partial charge in [0.15, 0.2) is 0 Å². The Morgan fingerprint density at radius 3 is 2.21 bits per heavy atom. The van der Waals surface area contributed by atoms with E-state index in [1.807, 2.05) is 0 Å². The van der Waals surface area contributed by atoms with E-state index in [2.05, 4.69) is 0 Å². The molecule has 0 saturated heterocycles. The standard InChI is InChI=1S/C15H12F3N/c16-10-1-3-12-9(7-10)5-6-15(12,19)13-4-2-11(17)8-14(13)18/h1-4,7-8H,5-6,19H2. The lowest BCUT2D eigenvalue weighted by Gasteiger charge is -2.26. The van der Waals surface area contributed by atoms with Crippen LogP contribution in [0.4, 0.5) is 13.2 Å². The summed E-state index contributed by atoms with van der Waals surface area (Å²) in [5.41, 5.74) is 7.04. The molecule has 0 spiro atoms. The van der Waals surface area contributed by atoms with Crippen molar-refractivity contribution in [1.29, 1.82) is 0 Å². The Kier molecular flexibility index (Phi) is 2.64. The molecular formula is C15H12F3N. The van der Waals surface area contributed by atoms with E-state index in [9.17, 15) is 13.2 Å². The molecule has 0 heterocycles. The van der Waals surface area contributed by atoms with Crippen LogP contribution in [0.25, 0.3) is 0 Å². The molecule has 4 heteroatoms. The summed E-state index contributed by atoms with van der Waals surface area (Å²) in [6.07, 6.45) is 1.06. The molecule has 0 radical (unpaired) electrons. The second-order valence-electron chi connectivity index (χ2n) is 4.90. The van der Waals surface area contributed by atoms with Gasteiger partial charge in [-0.05, 0) is 42.2 Å². The molecule has 1 atom stereocenters. The van der Waals surface area contributed by atoms with Gasteiger partial charge in [-0.3, -0.25) is 0 Å². The van der Waals surface area contributed by atoms with Crippen LogP contribution in [0, 0.1) is 17.5 Å². The highest BCUT2D eigenvalue weighted by Crippen LogP contribution is 2.41. The smallest absolute Gasteiger partial charge is 0.131 e. The fraction of sp³-hybridized carbons (Fsp3) is 0.200. The molecular weight excluding hydrogens is 251 g/mol. The van der Waals surface area contributed by atoms with Gasteiger partial charge in [-0.1, -0.05) is 12.1 Å². The zero-order valence-corrected chi connectivity index (χ0v) is 10.1. The Morgan fingerprint density at radius 2 is 1.53 bits per heavy atom. The van der Waals surface area contributed by atoms with Gasteiger partial charge >= 0.3 is 0 Å². The fourth-order valence-electron chi connectivity index (χ4n) is 2.80. The van der Waals surface area contributed by atoms with Crippen LogP contribution in [0.3, 0.4) is 0 Å². The molecule has 98 valence electrons. The van der Waals surface area contributed by atoms with Crippen LogP contribution in [0.5, 0.6) is 0 Å². The Bertz CT molecular complexity index is 654. The summed E-state index contributed by atoms with van der Waals surface area (Å²) in [4.78, 5) is 0. The molecule has 0 fully saturated rings. The first-order chi connectivity index (χ1) is 9.00. The molecule has 1 nitrogen and oxygen atoms in total. The van der Waals surface area contributed by atoms with Crippen molar-refractivity contribution in [2.75, 3.05) is 0 Å². The number of rotatable bonds is 1. The van der Waals surface area contributed by atoms with Crippen molar-refractivity contribution in [3.05, 3.63) is 70.5 Å². The van der Waals surface area contributed by atoms with Crippen molar-refractivity contribution >= 4 is 0 Å². The number of halogens is 3. The van der Waals surface area contributed by atoms with Gasteiger partial charge in [0.1, 0.15) is 17.5 Å². The Balaban J connectivity index is 2.16. The Hall–Kier alpha value is -1.81. The molecule has 19 heavy (non-hydrogen) atoms. The molecule has 0 aromatic heterocycles. The van der Waals surface area contributed by atoms with Gasteiger partial charge in [-0.25, -0.2) is 13.2 Å². The van der Waals surface area contributed by atoms with Gasteiger partial charge in [-0.2, -0.15) is 0 Å². The van der Waals surface area contributed by atoms with Crippen LogP contribution in [-0.2, 0) is 12.0 Å². The minimum atomic E-state index is -1.01. The summed E-state index contributed by atoms with van der Waals surface area (Å²) in [5.74, 6) is -1.63. The predicted molar refractivity (Wildman–Crippen MR) is 66.0 cm³/mol. The molecule has 0 bridgehead atoms. The second-order valence-corrected chi connectivity index (χ2v) is 4.90. The van der Waals surface area contributed by atoms with E-state index in [1.54, 1.807) is 6.07 Å². The van der Waals surface area contributed by atoms with Crippen LogP contribution in [-0.4, -0.2) is 0 Å². The summed E-state index contributed by atoms with van der Waals surface area (Å²) in [6.45, 7) is 0. The van der Waals surface area contributed by atoms with Crippen LogP contribution < -0.4 is 5.73 Å².